The maximum Gasteiger partial charge on any atom is 0.325 e. The second kappa shape index (κ2) is 8.17. The molecule has 2 aromatic carbocycles. The van der Waals surface area contributed by atoms with E-state index in [1.807, 2.05) is 42.5 Å². The Bertz CT molecular complexity index is 1030. The Morgan fingerprint density at radius 3 is 2.45 bits per heavy atom. The van der Waals surface area contributed by atoms with Gasteiger partial charge in [0.25, 0.3) is 5.91 Å². The van der Waals surface area contributed by atoms with Crippen LogP contribution < -0.4 is 5.32 Å². The SMILES string of the molecule is CCc1ccc(CN(C)C(=O)CN2C(=O)NC(C)(c3ccc4c(c3)CCC4)C2=O)cc1. The van der Waals surface area contributed by atoms with Gasteiger partial charge >= 0.3 is 6.03 Å². The number of amides is 4. The zero-order valence-corrected chi connectivity index (χ0v) is 18.4. The van der Waals surface area contributed by atoms with Gasteiger partial charge in [0, 0.05) is 13.6 Å². The molecule has 0 radical (unpaired) electrons. The highest BCUT2D eigenvalue weighted by molar-refractivity contribution is 6.09. The van der Waals surface area contributed by atoms with Gasteiger partial charge in [-0.2, -0.15) is 0 Å². The number of urea groups is 1. The summed E-state index contributed by atoms with van der Waals surface area (Å²) in [6.07, 6.45) is 4.13. The molecule has 6 nitrogen and oxygen atoms in total. The average Bonchev–Trinajstić information content (AvgIpc) is 3.32. The molecule has 1 aliphatic heterocycles. The van der Waals surface area contributed by atoms with E-state index in [1.54, 1.807) is 18.9 Å². The first-order chi connectivity index (χ1) is 14.8. The number of benzene rings is 2. The van der Waals surface area contributed by atoms with Crippen LogP contribution in [0, 0.1) is 0 Å². The van der Waals surface area contributed by atoms with E-state index in [1.165, 1.54) is 16.7 Å². The molecule has 4 amide bonds. The fraction of sp³-hybridized carbons (Fsp3) is 0.400. The van der Waals surface area contributed by atoms with Crippen LogP contribution in [-0.2, 0) is 40.9 Å². The second-order valence-electron chi connectivity index (χ2n) is 8.70. The number of imide groups is 1. The summed E-state index contributed by atoms with van der Waals surface area (Å²) in [5, 5.41) is 2.81. The smallest absolute Gasteiger partial charge is 0.325 e. The molecular formula is C25H29N3O3. The molecule has 4 rings (SSSR count). The van der Waals surface area contributed by atoms with Crippen LogP contribution >= 0.6 is 0 Å². The van der Waals surface area contributed by atoms with Gasteiger partial charge in [0.2, 0.25) is 5.91 Å². The standard InChI is InChI=1S/C25H29N3O3/c1-4-17-8-10-18(11-9-17)15-27(3)22(29)16-28-23(30)25(2,26-24(28)31)21-13-12-19-6-5-7-20(19)14-21/h8-14H,4-7,15-16H2,1-3H3,(H,26,31). The summed E-state index contributed by atoms with van der Waals surface area (Å²) in [5.74, 6) is -0.661. The molecule has 0 saturated carbocycles. The lowest BCUT2D eigenvalue weighted by atomic mass is 9.89. The third kappa shape index (κ3) is 3.94. The number of likely N-dealkylation sites (N-methyl/N-ethyl adjacent to an activating group) is 1. The van der Waals surface area contributed by atoms with Crippen LogP contribution in [0.25, 0.3) is 0 Å². The van der Waals surface area contributed by atoms with Gasteiger partial charge in [-0.15, -0.1) is 0 Å². The minimum atomic E-state index is -1.15. The first-order valence-corrected chi connectivity index (χ1v) is 10.9. The van der Waals surface area contributed by atoms with Crippen molar-refractivity contribution in [1.29, 1.82) is 0 Å². The van der Waals surface area contributed by atoms with Crippen molar-refractivity contribution in [2.24, 2.45) is 0 Å². The number of hydrogen-bond donors (Lipinski definition) is 1. The van der Waals surface area contributed by atoms with E-state index in [9.17, 15) is 14.4 Å². The molecule has 2 aliphatic rings. The quantitative estimate of drug-likeness (QED) is 0.732. The van der Waals surface area contributed by atoms with Crippen LogP contribution in [0.4, 0.5) is 4.79 Å². The lowest BCUT2D eigenvalue weighted by Crippen LogP contribution is -2.43. The summed E-state index contributed by atoms with van der Waals surface area (Å²) in [5.41, 5.74) is 4.42. The molecule has 1 aliphatic carbocycles. The summed E-state index contributed by atoms with van der Waals surface area (Å²) < 4.78 is 0. The first kappa shape index (κ1) is 21.1. The summed E-state index contributed by atoms with van der Waals surface area (Å²) in [7, 11) is 1.69. The van der Waals surface area contributed by atoms with Gasteiger partial charge in [-0.05, 0) is 60.4 Å². The van der Waals surface area contributed by atoms with E-state index in [-0.39, 0.29) is 18.4 Å². The van der Waals surface area contributed by atoms with Crippen molar-refractivity contribution >= 4 is 17.8 Å². The van der Waals surface area contributed by atoms with Crippen LogP contribution in [0.1, 0.15) is 48.1 Å². The lowest BCUT2D eigenvalue weighted by molar-refractivity contribution is -0.138. The highest BCUT2D eigenvalue weighted by atomic mass is 16.2. The largest absolute Gasteiger partial charge is 0.340 e. The zero-order valence-electron chi connectivity index (χ0n) is 18.4. The summed E-state index contributed by atoms with van der Waals surface area (Å²) in [6, 6.07) is 13.6. The Hall–Kier alpha value is -3.15. The van der Waals surface area contributed by atoms with Crippen LogP contribution in [0.5, 0.6) is 0 Å². The third-order valence-corrected chi connectivity index (χ3v) is 6.52. The fourth-order valence-corrected chi connectivity index (χ4v) is 4.42. The highest BCUT2D eigenvalue weighted by Gasteiger charge is 2.49. The molecule has 0 bridgehead atoms. The lowest BCUT2D eigenvalue weighted by Gasteiger charge is -2.24. The number of fused-ring (bicyclic) bond motifs is 1. The number of carbonyl (C=O) groups excluding carboxylic acids is 3. The molecule has 31 heavy (non-hydrogen) atoms. The van der Waals surface area contributed by atoms with Gasteiger partial charge < -0.3 is 10.2 Å². The Morgan fingerprint density at radius 1 is 1.06 bits per heavy atom. The van der Waals surface area contributed by atoms with Crippen LogP contribution in [0.2, 0.25) is 0 Å². The summed E-state index contributed by atoms with van der Waals surface area (Å²) >= 11 is 0. The molecule has 0 spiro atoms. The van der Waals surface area contributed by atoms with Crippen LogP contribution in [0.15, 0.2) is 42.5 Å². The van der Waals surface area contributed by atoms with Crippen molar-refractivity contribution in [2.45, 2.75) is 51.6 Å². The van der Waals surface area contributed by atoms with Gasteiger partial charge in [0.05, 0.1) is 0 Å². The van der Waals surface area contributed by atoms with Crippen molar-refractivity contribution in [2.75, 3.05) is 13.6 Å². The minimum absolute atomic E-state index is 0.269. The van der Waals surface area contributed by atoms with E-state index < -0.39 is 11.6 Å². The van der Waals surface area contributed by atoms with Crippen molar-refractivity contribution < 1.29 is 14.4 Å². The number of hydrogen-bond acceptors (Lipinski definition) is 3. The number of rotatable bonds is 6. The average molecular weight is 420 g/mol. The van der Waals surface area contributed by atoms with Gasteiger partial charge in [-0.3, -0.25) is 14.5 Å². The summed E-state index contributed by atoms with van der Waals surface area (Å²) in [4.78, 5) is 41.2. The van der Waals surface area contributed by atoms with Crippen LogP contribution in [0.3, 0.4) is 0 Å². The molecule has 1 N–H and O–H groups in total. The van der Waals surface area contributed by atoms with E-state index in [0.29, 0.717) is 6.54 Å². The van der Waals surface area contributed by atoms with E-state index in [2.05, 4.69) is 12.2 Å². The molecular weight excluding hydrogens is 390 g/mol. The predicted octanol–water partition coefficient (Wildman–Crippen LogP) is 3.16. The highest BCUT2D eigenvalue weighted by Crippen LogP contribution is 2.32. The Balaban J connectivity index is 1.45. The topological polar surface area (TPSA) is 69.7 Å². The van der Waals surface area contributed by atoms with Crippen molar-refractivity contribution in [3.8, 4) is 0 Å². The maximum absolute atomic E-state index is 13.2. The molecule has 1 saturated heterocycles. The first-order valence-electron chi connectivity index (χ1n) is 10.9. The van der Waals surface area contributed by atoms with Crippen molar-refractivity contribution in [1.82, 2.24) is 15.1 Å². The second-order valence-corrected chi connectivity index (χ2v) is 8.70. The zero-order chi connectivity index (χ0) is 22.2. The van der Waals surface area contributed by atoms with Gasteiger partial charge in [-0.1, -0.05) is 49.4 Å². The van der Waals surface area contributed by atoms with Crippen LogP contribution in [-0.4, -0.2) is 41.2 Å². The van der Waals surface area contributed by atoms with Gasteiger partial charge in [0.15, 0.2) is 0 Å². The minimum Gasteiger partial charge on any atom is -0.340 e. The predicted molar refractivity (Wildman–Crippen MR) is 118 cm³/mol. The third-order valence-electron chi connectivity index (χ3n) is 6.52. The molecule has 1 unspecified atom stereocenters. The van der Waals surface area contributed by atoms with E-state index in [4.69, 9.17) is 0 Å². The van der Waals surface area contributed by atoms with E-state index >= 15 is 0 Å². The Morgan fingerprint density at radius 2 is 1.74 bits per heavy atom. The molecule has 162 valence electrons. The maximum atomic E-state index is 13.2. The molecule has 1 atom stereocenters. The molecule has 6 heteroatoms. The molecule has 1 fully saturated rings. The monoisotopic (exact) mass is 419 g/mol. The van der Waals surface area contributed by atoms with E-state index in [0.717, 1.165) is 41.7 Å². The van der Waals surface area contributed by atoms with Gasteiger partial charge in [0.1, 0.15) is 12.1 Å². The molecule has 0 aromatic heterocycles. The molecule has 1 heterocycles. The normalized spacial score (nSPS) is 20.0. The number of nitrogens with zero attached hydrogens (tertiary/aromatic N) is 2. The number of carbonyl (C=O) groups is 3. The summed E-state index contributed by atoms with van der Waals surface area (Å²) in [6.45, 7) is 3.97. The Kier molecular flexibility index (Phi) is 5.56. The van der Waals surface area contributed by atoms with Gasteiger partial charge in [-0.25, -0.2) is 4.79 Å². The Labute approximate surface area is 183 Å². The number of nitrogens with one attached hydrogen (secondary N) is 1. The van der Waals surface area contributed by atoms with Crippen molar-refractivity contribution in [3.05, 3.63) is 70.3 Å². The fourth-order valence-electron chi connectivity index (χ4n) is 4.42. The number of aryl methyl sites for hydroxylation is 3. The molecule has 2 aromatic rings. The van der Waals surface area contributed by atoms with Crippen molar-refractivity contribution in [3.63, 3.8) is 0 Å².